The highest BCUT2D eigenvalue weighted by Gasteiger charge is 2.70. The van der Waals surface area contributed by atoms with Gasteiger partial charge in [-0.15, -0.1) is 0 Å². The molecule has 7 rings (SSSR count). The highest BCUT2D eigenvalue weighted by atomic mass is 35.5. The molecule has 4 atom stereocenters. The van der Waals surface area contributed by atoms with Gasteiger partial charge in [0, 0.05) is 28.2 Å². The molecule has 1 spiro atoms. The average molecular weight is 546 g/mol. The molecule has 0 aliphatic carbocycles. The number of benzene rings is 4. The van der Waals surface area contributed by atoms with Crippen LogP contribution in [0.2, 0.25) is 5.02 Å². The Bertz CT molecular complexity index is 1700. The molecule has 40 heavy (non-hydrogen) atoms. The summed E-state index contributed by atoms with van der Waals surface area (Å²) in [4.78, 5) is 45.1. The third-order valence-corrected chi connectivity index (χ3v) is 8.54. The summed E-state index contributed by atoms with van der Waals surface area (Å²) in [5.74, 6) is -1.94. The molecule has 7 heteroatoms. The summed E-state index contributed by atoms with van der Waals surface area (Å²) < 4.78 is 0. The first-order chi connectivity index (χ1) is 19.5. The Morgan fingerprint density at radius 2 is 1.55 bits per heavy atom. The monoisotopic (exact) mass is 545 g/mol. The van der Waals surface area contributed by atoms with Crippen LogP contribution in [-0.2, 0) is 15.0 Å². The van der Waals surface area contributed by atoms with Crippen molar-refractivity contribution in [2.75, 3.05) is 10.6 Å². The molecule has 196 valence electrons. The molecule has 0 bridgehead atoms. The molecule has 0 unspecified atom stereocenters. The molecule has 4 aromatic rings. The number of anilines is 2. The van der Waals surface area contributed by atoms with E-state index in [1.807, 2.05) is 71.8 Å². The lowest BCUT2D eigenvalue weighted by molar-refractivity contribution is -0.122. The standard InChI is InChI=1S/C33H24ClN3O3/c34-22-14-16-23(17-15-22)35-31(39)28-27(29(38)21-9-2-1-3-10-21)33(25-12-6-7-13-26(25)36-32(33)40)30-24-11-5-4-8-20(24)18-19-37(28)30/h1-19,27-28,30H,(H,35,39)(H,36,40)/t27-,28-,30+,33+/m0/s1. The Morgan fingerprint density at radius 3 is 2.35 bits per heavy atom. The second-order valence-corrected chi connectivity index (χ2v) is 10.7. The van der Waals surface area contributed by atoms with Crippen LogP contribution < -0.4 is 10.6 Å². The molecule has 1 fully saturated rings. The van der Waals surface area contributed by atoms with E-state index in [1.165, 1.54) is 0 Å². The van der Waals surface area contributed by atoms with Gasteiger partial charge in [0.25, 0.3) is 0 Å². The molecule has 6 nitrogen and oxygen atoms in total. The van der Waals surface area contributed by atoms with Crippen molar-refractivity contribution in [2.24, 2.45) is 5.92 Å². The molecule has 2 N–H and O–H groups in total. The number of amides is 2. The second-order valence-electron chi connectivity index (χ2n) is 10.3. The van der Waals surface area contributed by atoms with Gasteiger partial charge in [0.1, 0.15) is 11.5 Å². The average Bonchev–Trinajstić information content (AvgIpc) is 3.47. The van der Waals surface area contributed by atoms with Crippen LogP contribution in [0.25, 0.3) is 6.08 Å². The Kier molecular flexibility index (Phi) is 5.61. The van der Waals surface area contributed by atoms with E-state index in [2.05, 4.69) is 10.6 Å². The van der Waals surface area contributed by atoms with Gasteiger partial charge in [-0.2, -0.15) is 0 Å². The lowest BCUT2D eigenvalue weighted by atomic mass is 9.63. The fourth-order valence-electron chi connectivity index (χ4n) is 6.70. The number of ketones is 1. The third kappa shape index (κ3) is 3.46. The van der Waals surface area contributed by atoms with E-state index in [0.29, 0.717) is 22.0 Å². The molecule has 3 heterocycles. The maximum Gasteiger partial charge on any atom is 0.247 e. The van der Waals surface area contributed by atoms with Crippen LogP contribution in [0.1, 0.15) is 33.1 Å². The number of carbonyl (C=O) groups is 3. The van der Waals surface area contributed by atoms with E-state index in [4.69, 9.17) is 11.6 Å². The number of carbonyl (C=O) groups excluding carboxylic acids is 3. The normalized spacial score (nSPS) is 23.8. The molecular weight excluding hydrogens is 522 g/mol. The molecule has 4 aromatic carbocycles. The van der Waals surface area contributed by atoms with E-state index in [0.717, 1.165) is 16.7 Å². The maximum atomic E-state index is 14.6. The fourth-order valence-corrected chi connectivity index (χ4v) is 6.83. The number of nitrogens with zero attached hydrogens (tertiary/aromatic N) is 1. The summed E-state index contributed by atoms with van der Waals surface area (Å²) in [6.07, 6.45) is 3.80. The van der Waals surface area contributed by atoms with Gasteiger partial charge in [-0.1, -0.05) is 84.4 Å². The van der Waals surface area contributed by atoms with Gasteiger partial charge < -0.3 is 15.5 Å². The molecule has 1 saturated heterocycles. The zero-order valence-corrected chi connectivity index (χ0v) is 22.0. The zero-order valence-electron chi connectivity index (χ0n) is 21.3. The van der Waals surface area contributed by atoms with Crippen molar-refractivity contribution in [3.8, 4) is 0 Å². The number of halogens is 1. The molecule has 2 amide bonds. The predicted molar refractivity (Wildman–Crippen MR) is 155 cm³/mol. The molecule has 3 aliphatic rings. The number of hydrogen-bond acceptors (Lipinski definition) is 4. The van der Waals surface area contributed by atoms with Crippen molar-refractivity contribution >= 4 is 46.6 Å². The molecule has 0 aromatic heterocycles. The van der Waals surface area contributed by atoms with Gasteiger partial charge in [-0.25, -0.2) is 0 Å². The van der Waals surface area contributed by atoms with Gasteiger partial charge in [0.15, 0.2) is 5.78 Å². The van der Waals surface area contributed by atoms with E-state index < -0.39 is 23.4 Å². The first kappa shape index (κ1) is 24.4. The molecular formula is C33H24ClN3O3. The van der Waals surface area contributed by atoms with Crippen molar-refractivity contribution < 1.29 is 14.4 Å². The fraction of sp³-hybridized carbons (Fsp3) is 0.121. The van der Waals surface area contributed by atoms with Crippen LogP contribution in [0.4, 0.5) is 11.4 Å². The minimum absolute atomic E-state index is 0.260. The minimum atomic E-state index is -1.35. The van der Waals surface area contributed by atoms with Gasteiger partial charge >= 0.3 is 0 Å². The Morgan fingerprint density at radius 1 is 0.850 bits per heavy atom. The van der Waals surface area contributed by atoms with Crippen molar-refractivity contribution in [2.45, 2.75) is 17.5 Å². The summed E-state index contributed by atoms with van der Waals surface area (Å²) in [6, 6.07) is 29.5. The Labute approximate surface area is 236 Å². The lowest BCUT2D eigenvalue weighted by Crippen LogP contribution is -2.50. The summed E-state index contributed by atoms with van der Waals surface area (Å²) in [6.45, 7) is 0. The quantitative estimate of drug-likeness (QED) is 0.305. The predicted octanol–water partition coefficient (Wildman–Crippen LogP) is 6.08. The van der Waals surface area contributed by atoms with E-state index in [-0.39, 0.29) is 17.6 Å². The van der Waals surface area contributed by atoms with Crippen molar-refractivity contribution in [3.63, 3.8) is 0 Å². The molecule has 3 aliphatic heterocycles. The van der Waals surface area contributed by atoms with Crippen LogP contribution in [0, 0.1) is 5.92 Å². The van der Waals surface area contributed by atoms with Gasteiger partial charge in [0.05, 0.1) is 12.0 Å². The third-order valence-electron chi connectivity index (χ3n) is 8.29. The van der Waals surface area contributed by atoms with E-state index >= 15 is 0 Å². The van der Waals surface area contributed by atoms with Crippen LogP contribution in [0.3, 0.4) is 0 Å². The van der Waals surface area contributed by atoms with E-state index in [9.17, 15) is 14.4 Å². The first-order valence-corrected chi connectivity index (χ1v) is 13.5. The lowest BCUT2D eigenvalue weighted by Gasteiger charge is -2.38. The van der Waals surface area contributed by atoms with E-state index in [1.54, 1.807) is 48.5 Å². The molecule has 0 radical (unpaired) electrons. The second kappa shape index (κ2) is 9.21. The Hall–Kier alpha value is -4.68. The summed E-state index contributed by atoms with van der Waals surface area (Å²) >= 11 is 6.07. The number of Topliss-reactive ketones (excluding diaryl/α,β-unsaturated/α-hetero) is 1. The van der Waals surface area contributed by atoms with Crippen LogP contribution in [-0.4, -0.2) is 28.5 Å². The maximum absolute atomic E-state index is 14.6. The first-order valence-electron chi connectivity index (χ1n) is 13.1. The number of rotatable bonds is 4. The smallest absolute Gasteiger partial charge is 0.247 e. The number of para-hydroxylation sites is 1. The summed E-state index contributed by atoms with van der Waals surface area (Å²) in [5.41, 5.74) is 2.86. The number of fused-ring (bicyclic) bond motifs is 6. The minimum Gasteiger partial charge on any atom is -0.356 e. The SMILES string of the molecule is O=C(Nc1ccc(Cl)cc1)[C@@H]1[C@@H](C(=O)c2ccccc2)[C@@]2(C(=O)Nc3ccccc32)[C@H]2c3ccccc3C=CN12. The Balaban J connectivity index is 1.48. The van der Waals surface area contributed by atoms with Gasteiger partial charge in [-0.3, -0.25) is 14.4 Å². The van der Waals surface area contributed by atoms with Crippen molar-refractivity contribution in [1.82, 2.24) is 4.90 Å². The largest absolute Gasteiger partial charge is 0.356 e. The van der Waals surface area contributed by atoms with Crippen molar-refractivity contribution in [3.05, 3.63) is 137 Å². The van der Waals surface area contributed by atoms with Crippen LogP contribution >= 0.6 is 11.6 Å². The van der Waals surface area contributed by atoms with Gasteiger partial charge in [-0.05, 0) is 53.1 Å². The molecule has 0 saturated carbocycles. The number of hydrogen-bond donors (Lipinski definition) is 2. The van der Waals surface area contributed by atoms with Crippen LogP contribution in [0.5, 0.6) is 0 Å². The van der Waals surface area contributed by atoms with Crippen LogP contribution in [0.15, 0.2) is 109 Å². The summed E-state index contributed by atoms with van der Waals surface area (Å²) in [5, 5.41) is 6.60. The highest BCUT2D eigenvalue weighted by molar-refractivity contribution is 6.30. The topological polar surface area (TPSA) is 78.5 Å². The highest BCUT2D eigenvalue weighted by Crippen LogP contribution is 2.62. The zero-order chi connectivity index (χ0) is 27.4. The van der Waals surface area contributed by atoms with Crippen molar-refractivity contribution in [1.29, 1.82) is 0 Å². The summed E-state index contributed by atoms with van der Waals surface area (Å²) in [7, 11) is 0. The number of nitrogens with one attached hydrogen (secondary N) is 2. The van der Waals surface area contributed by atoms with Gasteiger partial charge in [0.2, 0.25) is 11.8 Å².